The summed E-state index contributed by atoms with van der Waals surface area (Å²) in [4.78, 5) is 11.9. The maximum atomic E-state index is 12.8. The molecule has 2 aromatic rings. The number of anilines is 1. The monoisotopic (exact) mass is 379 g/mol. The highest BCUT2D eigenvalue weighted by Crippen LogP contribution is 2.36. The molecule has 0 aromatic heterocycles. The molecule has 0 bridgehead atoms. The highest BCUT2D eigenvalue weighted by Gasteiger charge is 2.09. The minimum Gasteiger partial charge on any atom is -0.493 e. The molecule has 0 saturated carbocycles. The van der Waals surface area contributed by atoms with Gasteiger partial charge in [0.05, 0.1) is 18.7 Å². The molecule has 0 heterocycles. The Morgan fingerprint density at radius 1 is 1.17 bits per heavy atom. The Kier molecular flexibility index (Phi) is 5.76. The molecule has 1 amide bonds. The minimum absolute atomic E-state index is 0.317. The van der Waals surface area contributed by atoms with E-state index in [0.29, 0.717) is 17.2 Å². The van der Waals surface area contributed by atoms with Crippen molar-refractivity contribution < 1.29 is 18.7 Å². The van der Waals surface area contributed by atoms with Crippen LogP contribution in [0.5, 0.6) is 11.5 Å². The molecule has 1 N–H and O–H groups in total. The summed E-state index contributed by atoms with van der Waals surface area (Å²) in [6.07, 6.45) is 3.03. The molecule has 0 atom stereocenters. The van der Waals surface area contributed by atoms with Gasteiger partial charge < -0.3 is 14.8 Å². The average molecular weight is 380 g/mol. The Morgan fingerprint density at radius 3 is 2.48 bits per heavy atom. The first-order valence-corrected chi connectivity index (χ1v) is 7.49. The number of hydrogen-bond donors (Lipinski definition) is 1. The molecular weight excluding hydrogens is 365 g/mol. The van der Waals surface area contributed by atoms with E-state index in [1.165, 1.54) is 30.3 Å². The van der Waals surface area contributed by atoms with Gasteiger partial charge in [-0.2, -0.15) is 0 Å². The highest BCUT2D eigenvalue weighted by molar-refractivity contribution is 9.10. The molecule has 0 radical (unpaired) electrons. The zero-order valence-corrected chi connectivity index (χ0v) is 14.2. The minimum atomic E-state index is -0.353. The molecule has 0 aliphatic heterocycles. The van der Waals surface area contributed by atoms with E-state index in [1.807, 2.05) is 6.07 Å². The normalized spacial score (nSPS) is 10.6. The fourth-order valence-corrected chi connectivity index (χ4v) is 2.54. The van der Waals surface area contributed by atoms with E-state index in [2.05, 4.69) is 21.2 Å². The molecule has 0 fully saturated rings. The summed E-state index contributed by atoms with van der Waals surface area (Å²) in [6.45, 7) is 0. The van der Waals surface area contributed by atoms with Crippen molar-refractivity contribution >= 4 is 33.6 Å². The van der Waals surface area contributed by atoms with Gasteiger partial charge >= 0.3 is 0 Å². The molecule has 0 aliphatic carbocycles. The average Bonchev–Trinajstić information content (AvgIpc) is 2.54. The first-order chi connectivity index (χ1) is 11.0. The number of methoxy groups -OCH3 is 2. The predicted molar refractivity (Wildman–Crippen MR) is 91.3 cm³/mol. The van der Waals surface area contributed by atoms with Crippen molar-refractivity contribution in [1.29, 1.82) is 0 Å². The van der Waals surface area contributed by atoms with Crippen molar-refractivity contribution in [3.63, 3.8) is 0 Å². The van der Waals surface area contributed by atoms with Crippen LogP contribution < -0.4 is 14.8 Å². The molecular formula is C17H15BrFNO3. The molecule has 0 aliphatic rings. The van der Waals surface area contributed by atoms with E-state index in [9.17, 15) is 9.18 Å². The summed E-state index contributed by atoms with van der Waals surface area (Å²) in [5.74, 6) is 0.470. The highest BCUT2D eigenvalue weighted by atomic mass is 79.9. The second kappa shape index (κ2) is 7.78. The van der Waals surface area contributed by atoms with Gasteiger partial charge in [-0.25, -0.2) is 4.39 Å². The smallest absolute Gasteiger partial charge is 0.248 e. The number of carbonyl (C=O) groups is 1. The Bertz CT molecular complexity index is 729. The molecule has 0 saturated heterocycles. The Labute approximate surface area is 142 Å². The lowest BCUT2D eigenvalue weighted by Crippen LogP contribution is -2.07. The van der Waals surface area contributed by atoms with Crippen molar-refractivity contribution in [2.24, 2.45) is 0 Å². The molecule has 6 heteroatoms. The molecule has 0 unspecified atom stereocenters. The zero-order valence-electron chi connectivity index (χ0n) is 12.6. The Hall–Kier alpha value is -2.34. The number of amides is 1. The van der Waals surface area contributed by atoms with Gasteiger partial charge in [0.1, 0.15) is 5.82 Å². The van der Waals surface area contributed by atoms with Crippen LogP contribution in [0.4, 0.5) is 10.1 Å². The van der Waals surface area contributed by atoms with Crippen molar-refractivity contribution in [2.45, 2.75) is 0 Å². The van der Waals surface area contributed by atoms with Crippen LogP contribution in [0.25, 0.3) is 6.08 Å². The number of rotatable bonds is 5. The van der Waals surface area contributed by atoms with Crippen LogP contribution in [0, 0.1) is 5.82 Å². The number of ether oxygens (including phenoxy) is 2. The number of nitrogens with one attached hydrogen (secondary N) is 1. The van der Waals surface area contributed by atoms with E-state index < -0.39 is 0 Å². The van der Waals surface area contributed by atoms with E-state index in [0.717, 1.165) is 10.0 Å². The lowest BCUT2D eigenvalue weighted by molar-refractivity contribution is -0.111. The number of benzene rings is 2. The third kappa shape index (κ3) is 4.56. The quantitative estimate of drug-likeness (QED) is 0.789. The van der Waals surface area contributed by atoms with E-state index in [1.54, 1.807) is 26.4 Å². The summed E-state index contributed by atoms with van der Waals surface area (Å²) < 4.78 is 24.0. The van der Waals surface area contributed by atoms with Gasteiger partial charge in [0.2, 0.25) is 5.91 Å². The second-order valence-corrected chi connectivity index (χ2v) is 5.42. The van der Waals surface area contributed by atoms with Crippen LogP contribution >= 0.6 is 15.9 Å². The lowest BCUT2D eigenvalue weighted by Gasteiger charge is -2.10. The van der Waals surface area contributed by atoms with Gasteiger partial charge in [-0.05, 0) is 64.0 Å². The maximum Gasteiger partial charge on any atom is 0.248 e. The van der Waals surface area contributed by atoms with Gasteiger partial charge in [-0.3, -0.25) is 4.79 Å². The van der Waals surface area contributed by atoms with E-state index in [4.69, 9.17) is 9.47 Å². The molecule has 120 valence electrons. The largest absolute Gasteiger partial charge is 0.493 e. The van der Waals surface area contributed by atoms with E-state index in [-0.39, 0.29) is 11.7 Å². The summed E-state index contributed by atoms with van der Waals surface area (Å²) in [6, 6.07) is 9.12. The topological polar surface area (TPSA) is 47.6 Å². The van der Waals surface area contributed by atoms with Gasteiger partial charge in [0, 0.05) is 11.8 Å². The molecule has 23 heavy (non-hydrogen) atoms. The Balaban J connectivity index is 2.11. The lowest BCUT2D eigenvalue weighted by atomic mass is 10.2. The van der Waals surface area contributed by atoms with Gasteiger partial charge in [0.15, 0.2) is 11.5 Å². The van der Waals surface area contributed by atoms with Gasteiger partial charge in [-0.15, -0.1) is 0 Å². The SMILES string of the molecule is COc1cc(/C=C/C(=O)Nc2ccc(F)cc2)cc(Br)c1OC. The third-order valence-corrected chi connectivity index (χ3v) is 3.58. The first kappa shape index (κ1) is 17.0. The number of halogens is 2. The van der Waals surface area contributed by atoms with Gasteiger partial charge in [0.25, 0.3) is 0 Å². The van der Waals surface area contributed by atoms with Crippen LogP contribution in [-0.4, -0.2) is 20.1 Å². The molecule has 2 aromatic carbocycles. The van der Waals surface area contributed by atoms with Crippen molar-refractivity contribution in [1.82, 2.24) is 0 Å². The molecule has 4 nitrogen and oxygen atoms in total. The number of carbonyl (C=O) groups excluding carboxylic acids is 1. The third-order valence-electron chi connectivity index (χ3n) is 2.99. The number of hydrogen-bond acceptors (Lipinski definition) is 3. The summed E-state index contributed by atoms with van der Waals surface area (Å²) in [5, 5.41) is 2.65. The van der Waals surface area contributed by atoms with Crippen LogP contribution in [-0.2, 0) is 4.79 Å². The van der Waals surface area contributed by atoms with Crippen LogP contribution in [0.2, 0.25) is 0 Å². The maximum absolute atomic E-state index is 12.8. The fraction of sp³-hybridized carbons (Fsp3) is 0.118. The second-order valence-electron chi connectivity index (χ2n) is 4.57. The van der Waals surface area contributed by atoms with Crippen molar-refractivity contribution in [3.8, 4) is 11.5 Å². The fourth-order valence-electron chi connectivity index (χ4n) is 1.92. The summed E-state index contributed by atoms with van der Waals surface area (Å²) >= 11 is 3.39. The molecule has 0 spiro atoms. The van der Waals surface area contributed by atoms with Gasteiger partial charge in [-0.1, -0.05) is 0 Å². The van der Waals surface area contributed by atoms with Crippen LogP contribution in [0.3, 0.4) is 0 Å². The van der Waals surface area contributed by atoms with Crippen LogP contribution in [0.15, 0.2) is 46.9 Å². The summed E-state index contributed by atoms with van der Waals surface area (Å²) in [7, 11) is 3.09. The first-order valence-electron chi connectivity index (χ1n) is 6.69. The zero-order chi connectivity index (χ0) is 16.8. The summed E-state index contributed by atoms with van der Waals surface area (Å²) in [5.41, 5.74) is 1.29. The Morgan fingerprint density at radius 2 is 1.87 bits per heavy atom. The van der Waals surface area contributed by atoms with Crippen LogP contribution in [0.1, 0.15) is 5.56 Å². The van der Waals surface area contributed by atoms with Crippen molar-refractivity contribution in [2.75, 3.05) is 19.5 Å². The predicted octanol–water partition coefficient (Wildman–Crippen LogP) is 4.26. The standard InChI is InChI=1S/C17H15BrFNO3/c1-22-15-10-11(9-14(18)17(15)23-2)3-8-16(21)20-13-6-4-12(19)5-7-13/h3-10H,1-2H3,(H,20,21)/b8-3+. The van der Waals surface area contributed by atoms with E-state index >= 15 is 0 Å². The van der Waals surface area contributed by atoms with Crippen molar-refractivity contribution in [3.05, 3.63) is 58.3 Å². The molecule has 2 rings (SSSR count).